The number of aromatic nitrogens is 2. The number of nitrogens with one attached hydrogen (secondary N) is 2. The number of nitrogens with zero attached hydrogens (tertiary/aromatic N) is 2. The van der Waals surface area contributed by atoms with E-state index in [-0.39, 0.29) is 11.6 Å². The Morgan fingerprint density at radius 1 is 1.03 bits per heavy atom. The highest BCUT2D eigenvalue weighted by atomic mass is 19.1. The summed E-state index contributed by atoms with van der Waals surface area (Å²) in [6.07, 6.45) is 0.371. The molecule has 4 rings (SSSR count). The molecule has 1 heterocycles. The van der Waals surface area contributed by atoms with E-state index in [1.54, 1.807) is 0 Å². The van der Waals surface area contributed by atoms with Crippen LogP contribution >= 0.6 is 0 Å². The standard InChI is InChI=1S/C24H20F2N4O2/c1-15-6-5-9-17(12-15)22-29-23(32-30-22)21(13-16-7-3-2-4-8-16)28-24(31)27-20-11-10-18(25)14-19(20)26/h2-12,14,21H,13H2,1H3,(H2,27,28,31). The molecule has 32 heavy (non-hydrogen) atoms. The first-order chi connectivity index (χ1) is 15.5. The van der Waals surface area contributed by atoms with Gasteiger partial charge < -0.3 is 15.2 Å². The molecule has 0 aliphatic heterocycles. The zero-order chi connectivity index (χ0) is 22.5. The quantitative estimate of drug-likeness (QED) is 0.424. The van der Waals surface area contributed by atoms with Gasteiger partial charge in [0.2, 0.25) is 11.7 Å². The van der Waals surface area contributed by atoms with Gasteiger partial charge in [-0.05, 0) is 30.7 Å². The number of carbonyl (C=O) groups is 1. The van der Waals surface area contributed by atoms with E-state index in [0.29, 0.717) is 18.3 Å². The largest absolute Gasteiger partial charge is 0.337 e. The number of anilines is 1. The highest BCUT2D eigenvalue weighted by Gasteiger charge is 2.23. The maximum Gasteiger partial charge on any atom is 0.319 e. The normalized spacial score (nSPS) is 11.7. The minimum absolute atomic E-state index is 0.145. The molecule has 0 aliphatic rings. The Morgan fingerprint density at radius 3 is 2.59 bits per heavy atom. The van der Waals surface area contributed by atoms with Crippen LogP contribution < -0.4 is 10.6 Å². The number of carbonyl (C=O) groups excluding carboxylic acids is 1. The third kappa shape index (κ3) is 5.15. The average Bonchev–Trinajstić information content (AvgIpc) is 3.26. The summed E-state index contributed by atoms with van der Waals surface area (Å²) in [7, 11) is 0. The minimum Gasteiger partial charge on any atom is -0.337 e. The smallest absolute Gasteiger partial charge is 0.319 e. The molecule has 6 nitrogen and oxygen atoms in total. The Labute approximate surface area is 183 Å². The molecule has 1 unspecified atom stereocenters. The summed E-state index contributed by atoms with van der Waals surface area (Å²) in [5.74, 6) is -1.00. The molecule has 1 atom stereocenters. The summed E-state index contributed by atoms with van der Waals surface area (Å²) < 4.78 is 32.5. The summed E-state index contributed by atoms with van der Waals surface area (Å²) >= 11 is 0. The molecule has 0 radical (unpaired) electrons. The third-order valence-corrected chi connectivity index (χ3v) is 4.78. The Morgan fingerprint density at radius 2 is 1.84 bits per heavy atom. The highest BCUT2D eigenvalue weighted by Crippen LogP contribution is 2.23. The molecule has 0 bridgehead atoms. The molecule has 2 amide bonds. The van der Waals surface area contributed by atoms with Crippen LogP contribution in [0.5, 0.6) is 0 Å². The summed E-state index contributed by atoms with van der Waals surface area (Å²) in [6, 6.07) is 18.7. The monoisotopic (exact) mass is 434 g/mol. The van der Waals surface area contributed by atoms with Crippen molar-refractivity contribution in [1.29, 1.82) is 0 Å². The Bertz CT molecular complexity index is 1230. The lowest BCUT2D eigenvalue weighted by molar-refractivity contribution is 0.243. The predicted octanol–water partition coefficient (Wildman–Crippen LogP) is 5.43. The zero-order valence-corrected chi connectivity index (χ0v) is 17.2. The summed E-state index contributed by atoms with van der Waals surface area (Å²) in [6.45, 7) is 1.96. The van der Waals surface area contributed by atoms with Crippen LogP contribution in [0, 0.1) is 18.6 Å². The molecule has 4 aromatic rings. The SMILES string of the molecule is Cc1cccc(-c2noc(C(Cc3ccccc3)NC(=O)Nc3ccc(F)cc3F)n2)c1. The van der Waals surface area contributed by atoms with Gasteiger partial charge in [0.25, 0.3) is 0 Å². The Balaban J connectivity index is 1.57. The van der Waals surface area contributed by atoms with Gasteiger partial charge in [0.15, 0.2) is 0 Å². The zero-order valence-electron chi connectivity index (χ0n) is 17.2. The fourth-order valence-corrected chi connectivity index (χ4v) is 3.24. The van der Waals surface area contributed by atoms with Crippen LogP contribution in [0.15, 0.2) is 77.3 Å². The van der Waals surface area contributed by atoms with Gasteiger partial charge >= 0.3 is 6.03 Å². The van der Waals surface area contributed by atoms with E-state index >= 15 is 0 Å². The molecule has 1 aromatic heterocycles. The second kappa shape index (κ2) is 9.38. The van der Waals surface area contributed by atoms with Gasteiger partial charge in [0.1, 0.15) is 17.7 Å². The van der Waals surface area contributed by atoms with Crippen molar-refractivity contribution < 1.29 is 18.1 Å². The number of amides is 2. The van der Waals surface area contributed by atoms with Crippen LogP contribution in [-0.2, 0) is 6.42 Å². The molecule has 0 spiro atoms. The fraction of sp³-hybridized carbons (Fsp3) is 0.125. The lowest BCUT2D eigenvalue weighted by Crippen LogP contribution is -2.34. The van der Waals surface area contributed by atoms with E-state index in [1.165, 1.54) is 0 Å². The maximum atomic E-state index is 13.9. The van der Waals surface area contributed by atoms with Crippen molar-refractivity contribution in [2.24, 2.45) is 0 Å². The molecule has 0 saturated carbocycles. The van der Waals surface area contributed by atoms with Gasteiger partial charge in [0, 0.05) is 18.1 Å². The number of rotatable bonds is 6. The van der Waals surface area contributed by atoms with Crippen molar-refractivity contribution in [2.75, 3.05) is 5.32 Å². The molecular weight excluding hydrogens is 414 g/mol. The lowest BCUT2D eigenvalue weighted by Gasteiger charge is -2.16. The topological polar surface area (TPSA) is 80.0 Å². The van der Waals surface area contributed by atoms with Crippen molar-refractivity contribution in [2.45, 2.75) is 19.4 Å². The first kappa shape index (κ1) is 21.2. The molecule has 8 heteroatoms. The van der Waals surface area contributed by atoms with Crippen LogP contribution in [-0.4, -0.2) is 16.2 Å². The molecule has 0 aliphatic carbocycles. The van der Waals surface area contributed by atoms with Gasteiger partial charge in [0.05, 0.1) is 5.69 Å². The Hall–Kier alpha value is -4.07. The summed E-state index contributed by atoms with van der Waals surface area (Å²) in [5, 5.41) is 9.18. The summed E-state index contributed by atoms with van der Waals surface area (Å²) in [4.78, 5) is 17.0. The third-order valence-electron chi connectivity index (χ3n) is 4.78. The van der Waals surface area contributed by atoms with Gasteiger partial charge in [-0.25, -0.2) is 13.6 Å². The Kier molecular flexibility index (Phi) is 6.21. The number of urea groups is 1. The predicted molar refractivity (Wildman–Crippen MR) is 116 cm³/mol. The summed E-state index contributed by atoms with van der Waals surface area (Å²) in [5.41, 5.74) is 2.62. The van der Waals surface area contributed by atoms with E-state index < -0.39 is 23.7 Å². The van der Waals surface area contributed by atoms with Crippen LogP contribution in [0.3, 0.4) is 0 Å². The van der Waals surface area contributed by atoms with Crippen molar-refractivity contribution in [3.8, 4) is 11.4 Å². The van der Waals surface area contributed by atoms with E-state index in [4.69, 9.17) is 4.52 Å². The van der Waals surface area contributed by atoms with Crippen molar-refractivity contribution >= 4 is 11.7 Å². The van der Waals surface area contributed by atoms with Crippen molar-refractivity contribution in [3.63, 3.8) is 0 Å². The van der Waals surface area contributed by atoms with Crippen LogP contribution in [0.4, 0.5) is 19.3 Å². The number of benzene rings is 3. The average molecular weight is 434 g/mol. The number of aryl methyl sites for hydroxylation is 1. The minimum atomic E-state index is -0.876. The molecule has 0 fully saturated rings. The van der Waals surface area contributed by atoms with Crippen LogP contribution in [0.25, 0.3) is 11.4 Å². The molecule has 2 N–H and O–H groups in total. The maximum absolute atomic E-state index is 13.9. The number of hydrogen-bond donors (Lipinski definition) is 2. The van der Waals surface area contributed by atoms with Crippen molar-refractivity contribution in [3.05, 3.63) is 101 Å². The number of hydrogen-bond acceptors (Lipinski definition) is 4. The molecule has 3 aromatic carbocycles. The van der Waals surface area contributed by atoms with Gasteiger partial charge in [-0.15, -0.1) is 0 Å². The van der Waals surface area contributed by atoms with Gasteiger partial charge in [-0.3, -0.25) is 0 Å². The van der Waals surface area contributed by atoms with E-state index in [0.717, 1.165) is 28.8 Å². The van der Waals surface area contributed by atoms with E-state index in [9.17, 15) is 13.6 Å². The van der Waals surface area contributed by atoms with Crippen molar-refractivity contribution in [1.82, 2.24) is 15.5 Å². The first-order valence-electron chi connectivity index (χ1n) is 9.95. The first-order valence-corrected chi connectivity index (χ1v) is 9.95. The van der Waals surface area contributed by atoms with Gasteiger partial charge in [-0.2, -0.15) is 4.98 Å². The number of halogens is 2. The fourth-order valence-electron chi connectivity index (χ4n) is 3.24. The van der Waals surface area contributed by atoms with Gasteiger partial charge in [-0.1, -0.05) is 59.3 Å². The highest BCUT2D eigenvalue weighted by molar-refractivity contribution is 5.89. The van der Waals surface area contributed by atoms with E-state index in [2.05, 4.69) is 20.8 Å². The second-order valence-electron chi connectivity index (χ2n) is 7.29. The molecular formula is C24H20F2N4O2. The van der Waals surface area contributed by atoms with Crippen LogP contribution in [0.1, 0.15) is 23.1 Å². The lowest BCUT2D eigenvalue weighted by atomic mass is 10.1. The van der Waals surface area contributed by atoms with Crippen LogP contribution in [0.2, 0.25) is 0 Å². The second-order valence-corrected chi connectivity index (χ2v) is 7.29. The molecule has 0 saturated heterocycles. The molecule has 162 valence electrons. The van der Waals surface area contributed by atoms with E-state index in [1.807, 2.05) is 61.5 Å².